The maximum atomic E-state index is 12.2. The summed E-state index contributed by atoms with van der Waals surface area (Å²) in [5.74, 6) is -0.0247. The highest BCUT2D eigenvalue weighted by Crippen LogP contribution is 2.16. The average molecular weight is 271 g/mol. The van der Waals surface area contributed by atoms with Crippen LogP contribution in [0.25, 0.3) is 0 Å². The molecule has 20 heavy (non-hydrogen) atoms. The maximum Gasteiger partial charge on any atom is 0.227 e. The smallest absolute Gasteiger partial charge is 0.227 e. The Hall–Kier alpha value is -1.86. The highest BCUT2D eigenvalue weighted by atomic mass is 16.1. The van der Waals surface area contributed by atoms with Crippen LogP contribution in [0.4, 0.5) is 0 Å². The minimum absolute atomic E-state index is 0.0925. The van der Waals surface area contributed by atoms with Gasteiger partial charge in [-0.2, -0.15) is 5.26 Å². The third-order valence-electron chi connectivity index (χ3n) is 3.92. The van der Waals surface area contributed by atoms with E-state index in [9.17, 15) is 4.79 Å². The number of hydrogen-bond donors (Lipinski definition) is 1. The van der Waals surface area contributed by atoms with Crippen molar-refractivity contribution in [2.24, 2.45) is 0 Å². The van der Waals surface area contributed by atoms with Gasteiger partial charge in [-0.05, 0) is 25.3 Å². The normalized spacial score (nSPS) is 18.2. The third-order valence-corrected chi connectivity index (χ3v) is 3.92. The Kier molecular flexibility index (Phi) is 5.14. The predicted molar refractivity (Wildman–Crippen MR) is 78.1 cm³/mol. The predicted octanol–water partition coefficient (Wildman–Crippen LogP) is 1.89. The number of benzene rings is 1. The molecule has 0 aliphatic carbocycles. The van der Waals surface area contributed by atoms with Gasteiger partial charge in [-0.3, -0.25) is 9.69 Å². The Labute approximate surface area is 120 Å². The molecule has 4 heteroatoms. The molecule has 2 rings (SSSR count). The summed E-state index contributed by atoms with van der Waals surface area (Å²) in [5.41, 5.74) is 1.05. The van der Waals surface area contributed by atoms with E-state index in [2.05, 4.69) is 16.3 Å². The second kappa shape index (κ2) is 7.06. The summed E-state index contributed by atoms with van der Waals surface area (Å²) in [4.78, 5) is 14.4. The van der Waals surface area contributed by atoms with Crippen molar-refractivity contribution < 1.29 is 4.79 Å². The van der Waals surface area contributed by atoms with Crippen LogP contribution in [0.5, 0.6) is 0 Å². The zero-order chi connectivity index (χ0) is 14.4. The van der Waals surface area contributed by atoms with Gasteiger partial charge in [-0.25, -0.2) is 0 Å². The van der Waals surface area contributed by atoms with Crippen molar-refractivity contribution in [2.45, 2.75) is 31.7 Å². The van der Waals surface area contributed by atoms with Crippen LogP contribution in [0, 0.1) is 11.3 Å². The molecule has 1 unspecified atom stereocenters. The number of carbonyl (C=O) groups excluding carboxylic acids is 1. The van der Waals surface area contributed by atoms with Crippen molar-refractivity contribution in [3.63, 3.8) is 0 Å². The molecule has 1 aromatic rings. The summed E-state index contributed by atoms with van der Waals surface area (Å²) in [6.45, 7) is 4.20. The number of nitrogens with zero attached hydrogens (tertiary/aromatic N) is 2. The summed E-state index contributed by atoms with van der Waals surface area (Å²) in [6.07, 6.45) is 1.85. The molecular weight excluding hydrogens is 250 g/mol. The Morgan fingerprint density at radius 1 is 1.40 bits per heavy atom. The quantitative estimate of drug-likeness (QED) is 0.851. The van der Waals surface area contributed by atoms with E-state index in [1.54, 1.807) is 0 Å². The lowest BCUT2D eigenvalue weighted by Crippen LogP contribution is -2.45. The van der Waals surface area contributed by atoms with E-state index < -0.39 is 0 Å². The van der Waals surface area contributed by atoms with Gasteiger partial charge in [0.2, 0.25) is 5.91 Å². The van der Waals surface area contributed by atoms with Crippen molar-refractivity contribution in [2.75, 3.05) is 19.6 Å². The van der Waals surface area contributed by atoms with Crippen molar-refractivity contribution in [1.29, 1.82) is 5.26 Å². The van der Waals surface area contributed by atoms with E-state index >= 15 is 0 Å². The molecule has 1 saturated heterocycles. The van der Waals surface area contributed by atoms with E-state index in [1.807, 2.05) is 37.3 Å². The summed E-state index contributed by atoms with van der Waals surface area (Å²) in [7, 11) is 0. The highest BCUT2D eigenvalue weighted by molar-refractivity contribution is 5.83. The summed E-state index contributed by atoms with van der Waals surface area (Å²) in [5, 5.41) is 11.8. The number of nitrogens with one attached hydrogen (secondary N) is 1. The zero-order valence-electron chi connectivity index (χ0n) is 11.9. The molecule has 106 valence electrons. The van der Waals surface area contributed by atoms with Gasteiger partial charge in [-0.1, -0.05) is 30.3 Å². The summed E-state index contributed by atoms with van der Waals surface area (Å²) in [6, 6.07) is 12.3. The third kappa shape index (κ3) is 3.82. The lowest BCUT2D eigenvalue weighted by atomic mass is 9.98. The molecular formula is C16H21N3O. The van der Waals surface area contributed by atoms with Gasteiger partial charge in [0, 0.05) is 19.1 Å². The first-order valence-corrected chi connectivity index (χ1v) is 7.15. The first-order valence-electron chi connectivity index (χ1n) is 7.15. The molecule has 0 bridgehead atoms. The number of rotatable bonds is 4. The molecule has 0 aromatic heterocycles. The van der Waals surface area contributed by atoms with Crippen LogP contribution in [0.2, 0.25) is 0 Å². The average Bonchev–Trinajstić information content (AvgIpc) is 2.49. The minimum atomic E-state index is -0.117. The minimum Gasteiger partial charge on any atom is -0.353 e. The van der Waals surface area contributed by atoms with Gasteiger partial charge in [0.1, 0.15) is 0 Å². The molecule has 0 spiro atoms. The van der Waals surface area contributed by atoms with Crippen molar-refractivity contribution in [1.82, 2.24) is 10.2 Å². The second-order valence-electron chi connectivity index (χ2n) is 5.35. The number of likely N-dealkylation sites (tertiary alicyclic amines) is 1. The van der Waals surface area contributed by atoms with Crippen LogP contribution in [0.3, 0.4) is 0 Å². The Bertz CT molecular complexity index is 472. The maximum absolute atomic E-state index is 12.2. The molecule has 1 aliphatic rings. The molecule has 1 N–H and O–H groups in total. The first-order chi connectivity index (χ1) is 9.70. The van der Waals surface area contributed by atoms with Crippen LogP contribution in [-0.4, -0.2) is 36.5 Å². The number of amides is 1. The first kappa shape index (κ1) is 14.5. The van der Waals surface area contributed by atoms with Gasteiger partial charge in [0.15, 0.2) is 0 Å². The molecule has 0 radical (unpaired) electrons. The lowest BCUT2D eigenvalue weighted by Gasteiger charge is -2.31. The van der Waals surface area contributed by atoms with Gasteiger partial charge in [0.05, 0.1) is 18.5 Å². The van der Waals surface area contributed by atoms with E-state index in [0.717, 1.165) is 31.5 Å². The largest absolute Gasteiger partial charge is 0.353 e. The highest BCUT2D eigenvalue weighted by Gasteiger charge is 2.23. The number of nitriles is 1. The molecule has 0 saturated carbocycles. The fraction of sp³-hybridized carbons (Fsp3) is 0.500. The van der Waals surface area contributed by atoms with Crippen molar-refractivity contribution in [3.8, 4) is 6.07 Å². The molecule has 1 atom stereocenters. The molecule has 4 nitrogen and oxygen atoms in total. The number of hydrogen-bond acceptors (Lipinski definition) is 3. The standard InChI is InChI=1S/C16H21N3O/c1-13(14-5-3-2-4-6-14)16(20)18-15-7-10-19(11-8-15)12-9-17/h2-6,13,15H,7-8,10-12H2,1H3,(H,18,20). The van der Waals surface area contributed by atoms with E-state index in [-0.39, 0.29) is 17.9 Å². The number of carbonyl (C=O) groups is 1. The molecule has 1 aliphatic heterocycles. The molecule has 1 amide bonds. The van der Waals surface area contributed by atoms with E-state index in [0.29, 0.717) is 6.54 Å². The van der Waals surface area contributed by atoms with Crippen LogP contribution >= 0.6 is 0 Å². The van der Waals surface area contributed by atoms with Crippen molar-refractivity contribution in [3.05, 3.63) is 35.9 Å². The van der Waals surface area contributed by atoms with Crippen LogP contribution in [-0.2, 0) is 4.79 Å². The molecule has 1 aromatic carbocycles. The molecule has 1 fully saturated rings. The van der Waals surface area contributed by atoms with Crippen molar-refractivity contribution >= 4 is 5.91 Å². The monoisotopic (exact) mass is 271 g/mol. The zero-order valence-corrected chi connectivity index (χ0v) is 11.9. The second-order valence-corrected chi connectivity index (χ2v) is 5.35. The SMILES string of the molecule is CC(C(=O)NC1CCN(CC#N)CC1)c1ccccc1. The fourth-order valence-corrected chi connectivity index (χ4v) is 2.55. The van der Waals surface area contributed by atoms with Gasteiger partial charge < -0.3 is 5.32 Å². The van der Waals surface area contributed by atoms with Crippen LogP contribution < -0.4 is 5.32 Å². The lowest BCUT2D eigenvalue weighted by molar-refractivity contribution is -0.123. The topological polar surface area (TPSA) is 56.1 Å². The van der Waals surface area contributed by atoms with Crippen LogP contribution in [0.1, 0.15) is 31.2 Å². The van der Waals surface area contributed by atoms with Gasteiger partial charge >= 0.3 is 0 Å². The molecule has 1 heterocycles. The summed E-state index contributed by atoms with van der Waals surface area (Å²) < 4.78 is 0. The van der Waals surface area contributed by atoms with Gasteiger partial charge in [0.25, 0.3) is 0 Å². The van der Waals surface area contributed by atoms with Gasteiger partial charge in [-0.15, -0.1) is 0 Å². The van der Waals surface area contributed by atoms with E-state index in [1.165, 1.54) is 0 Å². The summed E-state index contributed by atoms with van der Waals surface area (Å²) >= 11 is 0. The van der Waals surface area contributed by atoms with Crippen LogP contribution in [0.15, 0.2) is 30.3 Å². The Balaban J connectivity index is 1.82. The fourth-order valence-electron chi connectivity index (χ4n) is 2.55. The Morgan fingerprint density at radius 2 is 2.05 bits per heavy atom. The Morgan fingerprint density at radius 3 is 2.65 bits per heavy atom. The number of piperidine rings is 1. The van der Waals surface area contributed by atoms with E-state index in [4.69, 9.17) is 5.26 Å².